The smallest absolute Gasteiger partial charge is 0.410 e. The molecule has 0 saturated carbocycles. The summed E-state index contributed by atoms with van der Waals surface area (Å²) in [6.07, 6.45) is 1.55. The highest BCUT2D eigenvalue weighted by Gasteiger charge is 2.33. The molecule has 1 saturated heterocycles. The molecule has 1 unspecified atom stereocenters. The predicted octanol–water partition coefficient (Wildman–Crippen LogP) is 4.08. The Morgan fingerprint density at radius 1 is 1.22 bits per heavy atom. The fourth-order valence-electron chi connectivity index (χ4n) is 3.60. The number of sulfonamides is 1. The number of hydrogen-bond donors (Lipinski definition) is 1. The topological polar surface area (TPSA) is 96.0 Å². The van der Waals surface area contributed by atoms with Gasteiger partial charge in [0.2, 0.25) is 15.9 Å². The molecule has 8 nitrogen and oxygen atoms in total. The molecule has 0 spiro atoms. The average Bonchev–Trinajstić information content (AvgIpc) is 2.71. The van der Waals surface area contributed by atoms with Gasteiger partial charge >= 0.3 is 6.09 Å². The van der Waals surface area contributed by atoms with Crippen molar-refractivity contribution in [2.24, 2.45) is 5.92 Å². The van der Waals surface area contributed by atoms with E-state index in [-0.39, 0.29) is 28.9 Å². The van der Waals surface area contributed by atoms with Gasteiger partial charge in [-0.1, -0.05) is 6.92 Å². The summed E-state index contributed by atoms with van der Waals surface area (Å²) in [5.74, 6) is -0.101. The molecule has 1 aliphatic heterocycles. The number of benzene rings is 1. The molecule has 0 aliphatic carbocycles. The van der Waals surface area contributed by atoms with E-state index in [0.29, 0.717) is 31.7 Å². The van der Waals surface area contributed by atoms with Gasteiger partial charge in [0.05, 0.1) is 4.90 Å². The number of carbonyl (C=O) groups is 2. The number of hydrogen-bond acceptors (Lipinski definition) is 5. The fraction of sp³-hybridized carbons (Fsp3) is 0.652. The van der Waals surface area contributed by atoms with Crippen LogP contribution in [0.25, 0.3) is 0 Å². The van der Waals surface area contributed by atoms with Gasteiger partial charge < -0.3 is 15.0 Å². The van der Waals surface area contributed by atoms with Crippen LogP contribution in [0.4, 0.5) is 10.5 Å². The summed E-state index contributed by atoms with van der Waals surface area (Å²) in [4.78, 5) is 26.1. The fourth-order valence-corrected chi connectivity index (χ4v) is 5.15. The van der Waals surface area contributed by atoms with Crippen molar-refractivity contribution in [3.8, 4) is 0 Å². The Kier molecular flexibility index (Phi) is 8.70. The van der Waals surface area contributed by atoms with Crippen molar-refractivity contribution in [2.45, 2.75) is 77.3 Å². The van der Waals surface area contributed by atoms with Crippen molar-refractivity contribution < 1.29 is 22.7 Å². The number of anilines is 1. The van der Waals surface area contributed by atoms with Crippen LogP contribution in [0, 0.1) is 5.92 Å². The van der Waals surface area contributed by atoms with Gasteiger partial charge in [0.1, 0.15) is 5.60 Å². The molecule has 2 rings (SSSR count). The van der Waals surface area contributed by atoms with Crippen LogP contribution in [0.2, 0.25) is 0 Å². The number of ether oxygens (including phenoxy) is 1. The molecule has 0 bridgehead atoms. The molecule has 0 aromatic heterocycles. The van der Waals surface area contributed by atoms with Gasteiger partial charge in [0.15, 0.2) is 0 Å². The van der Waals surface area contributed by atoms with Crippen LogP contribution in [0.5, 0.6) is 0 Å². The summed E-state index contributed by atoms with van der Waals surface area (Å²) < 4.78 is 33.4. The number of piperidine rings is 1. The first-order valence-electron chi connectivity index (χ1n) is 11.2. The zero-order chi connectivity index (χ0) is 24.1. The summed E-state index contributed by atoms with van der Waals surface area (Å²) >= 11 is 0. The first kappa shape index (κ1) is 26.1. The standard InChI is InChI=1S/C23H37N3O5S/c1-7-21(27)24-19-10-12-20(13-11-19)32(29,30)25-14-8-9-18(15-25)16-26(17(2)3)22(28)31-23(4,5)6/h10-13,17-18H,7-9,14-16H2,1-6H3,(H,24,27). The van der Waals surface area contributed by atoms with Crippen molar-refractivity contribution in [3.63, 3.8) is 0 Å². The van der Waals surface area contributed by atoms with Gasteiger partial charge in [-0.15, -0.1) is 0 Å². The Labute approximate surface area is 192 Å². The van der Waals surface area contributed by atoms with Crippen LogP contribution < -0.4 is 5.32 Å². The summed E-state index contributed by atoms with van der Waals surface area (Å²) in [6, 6.07) is 6.19. The maximum atomic E-state index is 13.2. The second-order valence-electron chi connectivity index (χ2n) is 9.52. The molecule has 180 valence electrons. The van der Waals surface area contributed by atoms with Crippen LogP contribution in [0.3, 0.4) is 0 Å². The third-order valence-electron chi connectivity index (χ3n) is 5.28. The Hall–Kier alpha value is -2.13. The van der Waals surface area contributed by atoms with Gasteiger partial charge in [-0.25, -0.2) is 13.2 Å². The number of nitrogens with one attached hydrogen (secondary N) is 1. The third-order valence-corrected chi connectivity index (χ3v) is 7.16. The Bertz CT molecular complexity index is 891. The molecule has 1 heterocycles. The minimum absolute atomic E-state index is 0.0246. The highest BCUT2D eigenvalue weighted by molar-refractivity contribution is 7.89. The lowest BCUT2D eigenvalue weighted by atomic mass is 9.98. The second-order valence-corrected chi connectivity index (χ2v) is 11.5. The van der Waals surface area contributed by atoms with Crippen molar-refractivity contribution in [3.05, 3.63) is 24.3 Å². The van der Waals surface area contributed by atoms with E-state index in [1.54, 1.807) is 24.0 Å². The molecule has 1 aromatic carbocycles. The van der Waals surface area contributed by atoms with E-state index >= 15 is 0 Å². The van der Waals surface area contributed by atoms with E-state index in [2.05, 4.69) is 5.32 Å². The Balaban J connectivity index is 2.10. The molecule has 1 N–H and O–H groups in total. The molecule has 1 aromatic rings. The van der Waals surface area contributed by atoms with Crippen LogP contribution in [0.15, 0.2) is 29.2 Å². The number of carbonyl (C=O) groups excluding carboxylic acids is 2. The van der Waals surface area contributed by atoms with E-state index in [1.165, 1.54) is 16.4 Å². The van der Waals surface area contributed by atoms with Crippen molar-refractivity contribution in [1.29, 1.82) is 0 Å². The summed E-state index contributed by atoms with van der Waals surface area (Å²) in [7, 11) is -3.66. The lowest BCUT2D eigenvalue weighted by Crippen LogP contribution is -2.48. The van der Waals surface area contributed by atoms with Gasteiger partial charge in [-0.2, -0.15) is 4.31 Å². The molecular formula is C23H37N3O5S. The maximum Gasteiger partial charge on any atom is 0.410 e. The molecule has 32 heavy (non-hydrogen) atoms. The number of nitrogens with zero attached hydrogens (tertiary/aromatic N) is 2. The van der Waals surface area contributed by atoms with E-state index < -0.39 is 15.6 Å². The summed E-state index contributed by atoms with van der Waals surface area (Å²) in [6.45, 7) is 12.3. The average molecular weight is 468 g/mol. The van der Waals surface area contributed by atoms with E-state index in [9.17, 15) is 18.0 Å². The third kappa shape index (κ3) is 7.20. The minimum Gasteiger partial charge on any atom is -0.444 e. The molecule has 2 amide bonds. The SMILES string of the molecule is CCC(=O)Nc1ccc(S(=O)(=O)N2CCCC(CN(C(=O)OC(C)(C)C)C(C)C)C2)cc1. The molecule has 0 radical (unpaired) electrons. The lowest BCUT2D eigenvalue weighted by molar-refractivity contribution is -0.115. The maximum absolute atomic E-state index is 13.2. The summed E-state index contributed by atoms with van der Waals surface area (Å²) in [5.41, 5.74) is -0.0215. The summed E-state index contributed by atoms with van der Waals surface area (Å²) in [5, 5.41) is 2.72. The first-order valence-corrected chi connectivity index (χ1v) is 12.7. The molecular weight excluding hydrogens is 430 g/mol. The monoisotopic (exact) mass is 467 g/mol. The van der Waals surface area contributed by atoms with E-state index in [0.717, 1.165) is 12.8 Å². The van der Waals surface area contributed by atoms with E-state index in [4.69, 9.17) is 4.74 Å². The highest BCUT2D eigenvalue weighted by Crippen LogP contribution is 2.26. The molecule has 1 aliphatic rings. The van der Waals surface area contributed by atoms with Gasteiger partial charge in [-0.3, -0.25) is 4.79 Å². The zero-order valence-corrected chi connectivity index (χ0v) is 20.9. The quantitative estimate of drug-likeness (QED) is 0.652. The lowest BCUT2D eigenvalue weighted by Gasteiger charge is -2.37. The van der Waals surface area contributed by atoms with Crippen LogP contribution in [-0.2, 0) is 19.6 Å². The molecule has 1 fully saturated rings. The van der Waals surface area contributed by atoms with Crippen LogP contribution >= 0.6 is 0 Å². The van der Waals surface area contributed by atoms with Gasteiger partial charge in [0.25, 0.3) is 0 Å². The second kappa shape index (κ2) is 10.7. The highest BCUT2D eigenvalue weighted by atomic mass is 32.2. The first-order chi connectivity index (χ1) is 14.8. The van der Waals surface area contributed by atoms with Gasteiger partial charge in [0, 0.05) is 37.8 Å². The number of amides is 2. The normalized spacial score (nSPS) is 17.8. The Morgan fingerprint density at radius 2 is 1.84 bits per heavy atom. The van der Waals surface area contributed by atoms with E-state index in [1.807, 2.05) is 34.6 Å². The van der Waals surface area contributed by atoms with Crippen molar-refractivity contribution >= 4 is 27.7 Å². The molecule has 9 heteroatoms. The van der Waals surface area contributed by atoms with Crippen molar-refractivity contribution in [2.75, 3.05) is 25.0 Å². The van der Waals surface area contributed by atoms with Crippen LogP contribution in [0.1, 0.15) is 60.8 Å². The van der Waals surface area contributed by atoms with Crippen LogP contribution in [-0.4, -0.2) is 60.9 Å². The largest absolute Gasteiger partial charge is 0.444 e. The van der Waals surface area contributed by atoms with Gasteiger partial charge in [-0.05, 0) is 77.6 Å². The Morgan fingerprint density at radius 3 is 2.38 bits per heavy atom. The predicted molar refractivity (Wildman–Crippen MR) is 125 cm³/mol. The zero-order valence-electron chi connectivity index (χ0n) is 20.1. The molecule has 1 atom stereocenters. The number of rotatable bonds is 7. The van der Waals surface area contributed by atoms with Crippen molar-refractivity contribution in [1.82, 2.24) is 9.21 Å². The minimum atomic E-state index is -3.66.